The number of hydrogen-bond donors (Lipinski definition) is 0. The van der Waals surface area contributed by atoms with Crippen molar-refractivity contribution >= 4 is 23.5 Å². The Hall–Kier alpha value is -3.73. The van der Waals surface area contributed by atoms with E-state index in [-0.39, 0.29) is 11.6 Å². The van der Waals surface area contributed by atoms with Crippen molar-refractivity contribution in [2.45, 2.75) is 0 Å². The van der Waals surface area contributed by atoms with Crippen molar-refractivity contribution in [2.24, 2.45) is 4.99 Å². The predicted octanol–water partition coefficient (Wildman–Crippen LogP) is 4.67. The summed E-state index contributed by atoms with van der Waals surface area (Å²) in [4.78, 5) is 19.3. The standard InChI is InChI=1S/C23H17FN2O2/c1-28-21-14-8-6-12-18(21)22-25-20(15-16-9-5-7-13-19(16)24)23(27)26(22)17-10-3-2-4-11-17/h2-15H,1H3/b20-15+. The van der Waals surface area contributed by atoms with Gasteiger partial charge in [0.05, 0.1) is 18.4 Å². The molecule has 0 spiro atoms. The Balaban J connectivity index is 1.88. The smallest absolute Gasteiger partial charge is 0.282 e. The van der Waals surface area contributed by atoms with E-state index in [0.29, 0.717) is 28.4 Å². The lowest BCUT2D eigenvalue weighted by molar-refractivity contribution is -0.113. The van der Waals surface area contributed by atoms with E-state index in [1.54, 1.807) is 25.3 Å². The highest BCUT2D eigenvalue weighted by molar-refractivity contribution is 6.33. The number of nitrogens with zero attached hydrogens (tertiary/aromatic N) is 2. The summed E-state index contributed by atoms with van der Waals surface area (Å²) >= 11 is 0. The highest BCUT2D eigenvalue weighted by atomic mass is 19.1. The molecule has 1 amide bonds. The quantitative estimate of drug-likeness (QED) is 0.625. The van der Waals surface area contributed by atoms with Crippen molar-refractivity contribution in [1.29, 1.82) is 0 Å². The molecule has 0 fully saturated rings. The van der Waals surface area contributed by atoms with Gasteiger partial charge in [-0.3, -0.25) is 9.69 Å². The summed E-state index contributed by atoms with van der Waals surface area (Å²) < 4.78 is 19.5. The lowest BCUT2D eigenvalue weighted by Crippen LogP contribution is -2.32. The summed E-state index contributed by atoms with van der Waals surface area (Å²) in [5, 5.41) is 0. The maximum Gasteiger partial charge on any atom is 0.282 e. The summed E-state index contributed by atoms with van der Waals surface area (Å²) in [7, 11) is 1.57. The first kappa shape index (κ1) is 17.7. The Morgan fingerprint density at radius 1 is 0.929 bits per heavy atom. The van der Waals surface area contributed by atoms with E-state index < -0.39 is 5.82 Å². The Morgan fingerprint density at radius 2 is 1.61 bits per heavy atom. The number of ether oxygens (including phenoxy) is 1. The third kappa shape index (κ3) is 3.18. The lowest BCUT2D eigenvalue weighted by Gasteiger charge is -2.19. The van der Waals surface area contributed by atoms with E-state index in [1.807, 2.05) is 54.6 Å². The Labute approximate surface area is 162 Å². The number of rotatable bonds is 4. The SMILES string of the molecule is COc1ccccc1C1=N/C(=C/c2ccccc2F)C(=O)N1c1ccccc1. The summed E-state index contributed by atoms with van der Waals surface area (Å²) in [5.41, 5.74) is 1.83. The van der Waals surface area contributed by atoms with Crippen LogP contribution in [0.4, 0.5) is 10.1 Å². The Kier molecular flexibility index (Phi) is 4.72. The van der Waals surface area contributed by atoms with E-state index in [1.165, 1.54) is 17.0 Å². The summed E-state index contributed by atoms with van der Waals surface area (Å²) in [6, 6.07) is 22.9. The van der Waals surface area contributed by atoms with Crippen molar-refractivity contribution in [3.8, 4) is 5.75 Å². The van der Waals surface area contributed by atoms with E-state index in [2.05, 4.69) is 4.99 Å². The molecule has 3 aromatic carbocycles. The molecular weight excluding hydrogens is 355 g/mol. The van der Waals surface area contributed by atoms with Gasteiger partial charge in [-0.15, -0.1) is 0 Å². The minimum absolute atomic E-state index is 0.162. The molecule has 1 aliphatic rings. The van der Waals surface area contributed by atoms with Gasteiger partial charge in [-0.25, -0.2) is 9.38 Å². The number of carbonyl (C=O) groups excluding carboxylic acids is 1. The number of methoxy groups -OCH3 is 1. The van der Waals surface area contributed by atoms with Crippen LogP contribution in [-0.4, -0.2) is 18.9 Å². The van der Waals surface area contributed by atoms with Gasteiger partial charge in [0.25, 0.3) is 5.91 Å². The molecule has 28 heavy (non-hydrogen) atoms. The first-order valence-electron chi connectivity index (χ1n) is 8.77. The molecule has 0 aromatic heterocycles. The molecular formula is C23H17FN2O2. The van der Waals surface area contributed by atoms with E-state index in [9.17, 15) is 9.18 Å². The van der Waals surface area contributed by atoms with E-state index in [0.717, 1.165) is 0 Å². The molecule has 0 saturated carbocycles. The van der Waals surface area contributed by atoms with Crippen molar-refractivity contribution in [2.75, 3.05) is 12.0 Å². The maximum absolute atomic E-state index is 14.1. The first-order valence-corrected chi connectivity index (χ1v) is 8.77. The minimum Gasteiger partial charge on any atom is -0.496 e. The Bertz CT molecular complexity index is 1090. The second-order valence-electron chi connectivity index (χ2n) is 6.16. The highest BCUT2D eigenvalue weighted by Crippen LogP contribution is 2.31. The molecule has 0 aliphatic carbocycles. The van der Waals surface area contributed by atoms with Crippen LogP contribution in [0.1, 0.15) is 11.1 Å². The molecule has 138 valence electrons. The van der Waals surface area contributed by atoms with Crippen LogP contribution in [0.5, 0.6) is 5.75 Å². The lowest BCUT2D eigenvalue weighted by atomic mass is 10.1. The molecule has 0 bridgehead atoms. The molecule has 4 rings (SSSR count). The fourth-order valence-electron chi connectivity index (χ4n) is 3.08. The Morgan fingerprint density at radius 3 is 2.36 bits per heavy atom. The molecule has 0 unspecified atom stereocenters. The van der Waals surface area contributed by atoms with Gasteiger partial charge in [0.15, 0.2) is 5.84 Å². The number of amides is 1. The number of benzene rings is 3. The van der Waals surface area contributed by atoms with Gasteiger partial charge in [-0.2, -0.15) is 0 Å². The number of halogens is 1. The first-order chi connectivity index (χ1) is 13.7. The van der Waals surface area contributed by atoms with Crippen LogP contribution >= 0.6 is 0 Å². The molecule has 0 N–H and O–H groups in total. The zero-order valence-corrected chi connectivity index (χ0v) is 15.2. The van der Waals surface area contributed by atoms with Crippen LogP contribution in [0.2, 0.25) is 0 Å². The summed E-state index contributed by atoms with van der Waals surface area (Å²) in [6.07, 6.45) is 1.47. The highest BCUT2D eigenvalue weighted by Gasteiger charge is 2.33. The molecule has 1 aliphatic heterocycles. The number of anilines is 1. The summed E-state index contributed by atoms with van der Waals surface area (Å²) in [5.74, 6) is 0.309. The summed E-state index contributed by atoms with van der Waals surface area (Å²) in [6.45, 7) is 0. The van der Waals surface area contributed by atoms with Gasteiger partial charge >= 0.3 is 0 Å². The van der Waals surface area contributed by atoms with Gasteiger partial charge in [-0.05, 0) is 36.4 Å². The van der Waals surface area contributed by atoms with Crippen molar-refractivity contribution < 1.29 is 13.9 Å². The van der Waals surface area contributed by atoms with Crippen LogP contribution in [0.25, 0.3) is 6.08 Å². The second kappa shape index (κ2) is 7.48. The number of hydrogen-bond acceptors (Lipinski definition) is 3. The van der Waals surface area contributed by atoms with Gasteiger partial charge < -0.3 is 4.74 Å². The van der Waals surface area contributed by atoms with Gasteiger partial charge in [-0.1, -0.05) is 48.5 Å². The number of para-hydroxylation sites is 2. The van der Waals surface area contributed by atoms with Crippen molar-refractivity contribution in [3.05, 3.63) is 102 Å². The van der Waals surface area contributed by atoms with Crippen LogP contribution < -0.4 is 9.64 Å². The third-order valence-electron chi connectivity index (χ3n) is 4.42. The normalized spacial score (nSPS) is 15.1. The maximum atomic E-state index is 14.1. The molecule has 5 heteroatoms. The van der Waals surface area contributed by atoms with E-state index in [4.69, 9.17) is 4.74 Å². The fourth-order valence-corrected chi connectivity index (χ4v) is 3.08. The topological polar surface area (TPSA) is 41.9 Å². The predicted molar refractivity (Wildman–Crippen MR) is 108 cm³/mol. The van der Waals surface area contributed by atoms with E-state index >= 15 is 0 Å². The molecule has 4 nitrogen and oxygen atoms in total. The number of aliphatic imine (C=N–C) groups is 1. The molecule has 0 saturated heterocycles. The van der Waals surface area contributed by atoms with Crippen LogP contribution in [0.3, 0.4) is 0 Å². The zero-order chi connectivity index (χ0) is 19.5. The third-order valence-corrected chi connectivity index (χ3v) is 4.42. The average molecular weight is 372 g/mol. The van der Waals surface area contributed by atoms with Crippen LogP contribution in [-0.2, 0) is 4.79 Å². The van der Waals surface area contributed by atoms with Crippen molar-refractivity contribution in [3.63, 3.8) is 0 Å². The molecule has 3 aromatic rings. The molecule has 0 radical (unpaired) electrons. The van der Waals surface area contributed by atoms with Gasteiger partial charge in [0.1, 0.15) is 17.3 Å². The fraction of sp³-hybridized carbons (Fsp3) is 0.0435. The molecule has 0 atom stereocenters. The zero-order valence-electron chi connectivity index (χ0n) is 15.2. The second-order valence-corrected chi connectivity index (χ2v) is 6.16. The van der Waals surface area contributed by atoms with Crippen molar-refractivity contribution in [1.82, 2.24) is 0 Å². The van der Waals surface area contributed by atoms with Gasteiger partial charge in [0, 0.05) is 5.56 Å². The number of carbonyl (C=O) groups is 1. The largest absolute Gasteiger partial charge is 0.496 e. The van der Waals surface area contributed by atoms with Crippen LogP contribution in [0, 0.1) is 5.82 Å². The average Bonchev–Trinajstić information content (AvgIpc) is 3.06. The number of amidine groups is 1. The van der Waals surface area contributed by atoms with Gasteiger partial charge in [0.2, 0.25) is 0 Å². The monoisotopic (exact) mass is 372 g/mol. The van der Waals surface area contributed by atoms with Crippen LogP contribution in [0.15, 0.2) is 89.6 Å². The minimum atomic E-state index is -0.407. The molecule has 1 heterocycles.